The third kappa shape index (κ3) is 5.14. The molecule has 1 amide bonds. The quantitative estimate of drug-likeness (QED) is 0.888. The molecule has 1 fully saturated rings. The van der Waals surface area contributed by atoms with Crippen molar-refractivity contribution in [2.45, 2.75) is 32.4 Å². The normalized spacial score (nSPS) is 19.1. The summed E-state index contributed by atoms with van der Waals surface area (Å²) < 4.78 is 13.0. The van der Waals surface area contributed by atoms with Gasteiger partial charge in [0.15, 0.2) is 0 Å². The first-order valence-corrected chi connectivity index (χ1v) is 8.63. The predicted octanol–water partition coefficient (Wildman–Crippen LogP) is 3.25. The second kappa shape index (κ2) is 9.38. The average molecular weight is 347 g/mol. The van der Waals surface area contributed by atoms with Crippen LogP contribution in [0, 0.1) is 5.82 Å². The number of carbonyl (C=O) groups is 1. The van der Waals surface area contributed by atoms with Gasteiger partial charge in [0.05, 0.1) is 6.04 Å². The van der Waals surface area contributed by atoms with E-state index in [2.05, 4.69) is 5.32 Å². The zero-order valence-corrected chi connectivity index (χ0v) is 14.7. The molecule has 1 heterocycles. The predicted molar refractivity (Wildman–Crippen MR) is 93.2 cm³/mol. The standard InChI is InChI=1S/C16H23FN2OS.ClH/c1-3-19(12(2)13-4-6-14(17)7-5-13)16(20)10-15-11-21-9-8-18-15;/h4-7,12,15,18H,3,8-11H2,1-2H3;1H. The van der Waals surface area contributed by atoms with Crippen LogP contribution in [0.15, 0.2) is 24.3 Å². The summed E-state index contributed by atoms with van der Waals surface area (Å²) in [7, 11) is 0. The van der Waals surface area contributed by atoms with Gasteiger partial charge in [0.2, 0.25) is 5.91 Å². The van der Waals surface area contributed by atoms with E-state index in [9.17, 15) is 9.18 Å². The lowest BCUT2D eigenvalue weighted by Crippen LogP contribution is -2.43. The fraction of sp³-hybridized carbons (Fsp3) is 0.562. The van der Waals surface area contributed by atoms with Gasteiger partial charge in [-0.1, -0.05) is 12.1 Å². The minimum atomic E-state index is -0.247. The third-order valence-corrected chi connectivity index (χ3v) is 5.03. The molecular formula is C16H24ClFN2OS. The van der Waals surface area contributed by atoms with Crippen molar-refractivity contribution in [3.63, 3.8) is 0 Å². The molecule has 2 rings (SSSR count). The van der Waals surface area contributed by atoms with E-state index < -0.39 is 0 Å². The lowest BCUT2D eigenvalue weighted by atomic mass is 10.1. The number of rotatable bonds is 5. The molecule has 1 aromatic carbocycles. The number of halogens is 2. The van der Waals surface area contributed by atoms with Gasteiger partial charge in [-0.3, -0.25) is 4.79 Å². The van der Waals surface area contributed by atoms with Crippen LogP contribution in [0.1, 0.15) is 31.9 Å². The summed E-state index contributed by atoms with van der Waals surface area (Å²) in [4.78, 5) is 14.4. The summed E-state index contributed by atoms with van der Waals surface area (Å²) in [5, 5.41) is 3.40. The van der Waals surface area contributed by atoms with E-state index in [1.807, 2.05) is 30.5 Å². The highest BCUT2D eigenvalue weighted by Crippen LogP contribution is 2.22. The molecule has 6 heteroatoms. The number of benzene rings is 1. The van der Waals surface area contributed by atoms with Crippen molar-refractivity contribution in [3.05, 3.63) is 35.6 Å². The van der Waals surface area contributed by atoms with Gasteiger partial charge in [0, 0.05) is 37.1 Å². The number of hydrogen-bond acceptors (Lipinski definition) is 3. The fourth-order valence-corrected chi connectivity index (χ4v) is 3.62. The molecule has 0 aliphatic carbocycles. The van der Waals surface area contributed by atoms with Crippen LogP contribution in [0.25, 0.3) is 0 Å². The minimum absolute atomic E-state index is 0. The Balaban J connectivity index is 0.00000242. The largest absolute Gasteiger partial charge is 0.336 e. The van der Waals surface area contributed by atoms with E-state index >= 15 is 0 Å². The van der Waals surface area contributed by atoms with Crippen molar-refractivity contribution in [1.29, 1.82) is 0 Å². The van der Waals surface area contributed by atoms with Gasteiger partial charge in [-0.15, -0.1) is 12.4 Å². The Morgan fingerprint density at radius 1 is 1.45 bits per heavy atom. The Labute approximate surface area is 142 Å². The number of nitrogens with one attached hydrogen (secondary N) is 1. The van der Waals surface area contributed by atoms with Crippen LogP contribution in [0.2, 0.25) is 0 Å². The molecule has 1 aromatic rings. The first-order chi connectivity index (χ1) is 10.1. The highest BCUT2D eigenvalue weighted by Gasteiger charge is 2.24. The number of nitrogens with zero attached hydrogens (tertiary/aromatic N) is 1. The number of amides is 1. The topological polar surface area (TPSA) is 32.3 Å². The van der Waals surface area contributed by atoms with E-state index in [1.54, 1.807) is 12.1 Å². The average Bonchev–Trinajstić information content (AvgIpc) is 2.49. The summed E-state index contributed by atoms with van der Waals surface area (Å²) in [5.41, 5.74) is 0.970. The smallest absolute Gasteiger partial charge is 0.224 e. The summed E-state index contributed by atoms with van der Waals surface area (Å²) in [6, 6.07) is 6.65. The number of carbonyl (C=O) groups excluding carboxylic acids is 1. The van der Waals surface area contributed by atoms with Crippen LogP contribution in [0.5, 0.6) is 0 Å². The Morgan fingerprint density at radius 3 is 2.68 bits per heavy atom. The molecule has 0 saturated carbocycles. The van der Waals surface area contributed by atoms with Gasteiger partial charge in [-0.25, -0.2) is 4.39 Å². The van der Waals surface area contributed by atoms with Crippen molar-refractivity contribution in [1.82, 2.24) is 10.2 Å². The van der Waals surface area contributed by atoms with Gasteiger partial charge < -0.3 is 10.2 Å². The summed E-state index contributed by atoms with van der Waals surface area (Å²) in [6.07, 6.45) is 0.534. The maximum atomic E-state index is 13.0. The molecule has 3 nitrogen and oxygen atoms in total. The number of thioether (sulfide) groups is 1. The lowest BCUT2D eigenvalue weighted by Gasteiger charge is -2.31. The first kappa shape index (κ1) is 19.3. The molecule has 0 bridgehead atoms. The Kier molecular flexibility index (Phi) is 8.21. The summed E-state index contributed by atoms with van der Waals surface area (Å²) >= 11 is 1.90. The van der Waals surface area contributed by atoms with Gasteiger partial charge in [-0.2, -0.15) is 11.8 Å². The van der Waals surface area contributed by atoms with E-state index in [0.29, 0.717) is 13.0 Å². The Morgan fingerprint density at radius 2 is 2.14 bits per heavy atom. The van der Waals surface area contributed by atoms with Crippen molar-refractivity contribution in [3.8, 4) is 0 Å². The zero-order valence-electron chi connectivity index (χ0n) is 13.0. The molecule has 2 atom stereocenters. The summed E-state index contributed by atoms with van der Waals surface area (Å²) in [5.74, 6) is 2.03. The van der Waals surface area contributed by atoms with Crippen LogP contribution in [-0.4, -0.2) is 41.4 Å². The first-order valence-electron chi connectivity index (χ1n) is 7.48. The van der Waals surface area contributed by atoms with Crippen LogP contribution >= 0.6 is 24.2 Å². The molecule has 0 aromatic heterocycles. The monoisotopic (exact) mass is 346 g/mol. The lowest BCUT2D eigenvalue weighted by molar-refractivity contribution is -0.133. The fourth-order valence-electron chi connectivity index (χ4n) is 2.67. The molecule has 1 N–H and O–H groups in total. The highest BCUT2D eigenvalue weighted by atomic mass is 35.5. The van der Waals surface area contributed by atoms with Gasteiger partial charge in [0.25, 0.3) is 0 Å². The van der Waals surface area contributed by atoms with Gasteiger partial charge >= 0.3 is 0 Å². The van der Waals surface area contributed by atoms with Crippen molar-refractivity contribution in [2.75, 3.05) is 24.6 Å². The molecular weight excluding hydrogens is 323 g/mol. The second-order valence-corrected chi connectivity index (χ2v) is 6.49. The maximum Gasteiger partial charge on any atom is 0.224 e. The zero-order chi connectivity index (χ0) is 15.2. The molecule has 1 aliphatic heterocycles. The van der Waals surface area contributed by atoms with E-state index in [0.717, 1.165) is 23.6 Å². The van der Waals surface area contributed by atoms with E-state index in [1.165, 1.54) is 12.1 Å². The third-order valence-electron chi connectivity index (χ3n) is 3.90. The van der Waals surface area contributed by atoms with Crippen LogP contribution in [0.4, 0.5) is 4.39 Å². The van der Waals surface area contributed by atoms with Gasteiger partial charge in [-0.05, 0) is 31.5 Å². The second-order valence-electron chi connectivity index (χ2n) is 5.34. The molecule has 2 unspecified atom stereocenters. The Hall–Kier alpha value is -0.780. The minimum Gasteiger partial charge on any atom is -0.336 e. The molecule has 22 heavy (non-hydrogen) atoms. The molecule has 0 radical (unpaired) electrons. The molecule has 1 aliphatic rings. The molecule has 124 valence electrons. The highest BCUT2D eigenvalue weighted by molar-refractivity contribution is 7.99. The SMILES string of the molecule is CCN(C(=O)CC1CSCCN1)C(C)c1ccc(F)cc1.Cl. The summed E-state index contributed by atoms with van der Waals surface area (Å²) in [6.45, 7) is 5.62. The van der Waals surface area contributed by atoms with Crippen molar-refractivity contribution >= 4 is 30.1 Å². The number of hydrogen-bond donors (Lipinski definition) is 1. The van der Waals surface area contributed by atoms with Crippen LogP contribution < -0.4 is 5.32 Å². The Bertz CT molecular complexity index is 466. The molecule has 0 spiro atoms. The van der Waals surface area contributed by atoms with Gasteiger partial charge in [0.1, 0.15) is 5.82 Å². The molecule has 1 saturated heterocycles. The van der Waals surface area contributed by atoms with Crippen LogP contribution in [0.3, 0.4) is 0 Å². The van der Waals surface area contributed by atoms with Crippen molar-refractivity contribution in [2.24, 2.45) is 0 Å². The van der Waals surface area contributed by atoms with Crippen molar-refractivity contribution < 1.29 is 9.18 Å². The van der Waals surface area contributed by atoms with E-state index in [4.69, 9.17) is 0 Å². The van der Waals surface area contributed by atoms with E-state index in [-0.39, 0.29) is 36.2 Å². The van der Waals surface area contributed by atoms with Crippen LogP contribution in [-0.2, 0) is 4.79 Å². The maximum absolute atomic E-state index is 13.0.